The van der Waals surface area contributed by atoms with Gasteiger partial charge in [0.25, 0.3) is 0 Å². The highest BCUT2D eigenvalue weighted by Gasteiger charge is 2.27. The molecule has 0 aromatic heterocycles. The summed E-state index contributed by atoms with van der Waals surface area (Å²) in [5.41, 5.74) is 5.72. The Morgan fingerprint density at radius 3 is 1.73 bits per heavy atom. The Labute approximate surface area is 135 Å². The minimum Gasteiger partial charge on any atom is -0.292 e. The number of piperidine rings is 1. The quantitative estimate of drug-likeness (QED) is 0.758. The van der Waals surface area contributed by atoms with Crippen LogP contribution in [0.15, 0.2) is 48.5 Å². The SMILES string of the molecule is Cc1ccccc1C(c1ccccc1C)N1CCC(C)CC1. The van der Waals surface area contributed by atoms with Crippen LogP contribution < -0.4 is 0 Å². The Morgan fingerprint density at radius 2 is 1.27 bits per heavy atom. The molecule has 0 aliphatic carbocycles. The molecular weight excluding hydrogens is 266 g/mol. The molecule has 22 heavy (non-hydrogen) atoms. The van der Waals surface area contributed by atoms with Crippen molar-refractivity contribution in [2.45, 2.75) is 39.7 Å². The van der Waals surface area contributed by atoms with Crippen molar-refractivity contribution in [3.63, 3.8) is 0 Å². The van der Waals surface area contributed by atoms with E-state index in [0.717, 1.165) is 5.92 Å². The molecule has 1 aliphatic rings. The van der Waals surface area contributed by atoms with Gasteiger partial charge in [-0.05, 0) is 68.0 Å². The van der Waals surface area contributed by atoms with E-state index in [0.29, 0.717) is 6.04 Å². The van der Waals surface area contributed by atoms with Crippen molar-refractivity contribution in [1.82, 2.24) is 4.90 Å². The molecule has 0 unspecified atom stereocenters. The molecule has 1 heterocycles. The molecule has 0 N–H and O–H groups in total. The van der Waals surface area contributed by atoms with Crippen molar-refractivity contribution in [2.24, 2.45) is 5.92 Å². The Balaban J connectivity index is 2.03. The molecule has 1 heteroatoms. The Morgan fingerprint density at radius 1 is 0.818 bits per heavy atom. The van der Waals surface area contributed by atoms with Crippen LogP contribution >= 0.6 is 0 Å². The average Bonchev–Trinajstić information content (AvgIpc) is 2.53. The van der Waals surface area contributed by atoms with E-state index in [9.17, 15) is 0 Å². The highest BCUT2D eigenvalue weighted by atomic mass is 15.2. The normalized spacial score (nSPS) is 17.1. The molecular formula is C21H27N. The summed E-state index contributed by atoms with van der Waals surface area (Å²) < 4.78 is 0. The number of aryl methyl sites for hydroxylation is 2. The third-order valence-electron chi connectivity index (χ3n) is 5.15. The van der Waals surface area contributed by atoms with E-state index in [2.05, 4.69) is 74.2 Å². The lowest BCUT2D eigenvalue weighted by Gasteiger charge is -2.38. The van der Waals surface area contributed by atoms with Crippen molar-refractivity contribution >= 4 is 0 Å². The summed E-state index contributed by atoms with van der Waals surface area (Å²) >= 11 is 0. The smallest absolute Gasteiger partial charge is 0.0606 e. The van der Waals surface area contributed by atoms with E-state index in [-0.39, 0.29) is 0 Å². The molecule has 2 aromatic rings. The number of hydrogen-bond donors (Lipinski definition) is 0. The van der Waals surface area contributed by atoms with E-state index < -0.39 is 0 Å². The standard InChI is InChI=1S/C21H27N/c1-16-12-14-22(15-13-16)21(19-10-6-4-8-17(19)2)20-11-7-5-9-18(20)3/h4-11,16,21H,12-15H2,1-3H3. The van der Waals surface area contributed by atoms with Gasteiger partial charge in [-0.25, -0.2) is 0 Å². The summed E-state index contributed by atoms with van der Waals surface area (Å²) in [7, 11) is 0. The predicted molar refractivity (Wildman–Crippen MR) is 94.2 cm³/mol. The van der Waals surface area contributed by atoms with E-state index in [4.69, 9.17) is 0 Å². The minimum atomic E-state index is 0.398. The fraction of sp³-hybridized carbons (Fsp3) is 0.429. The van der Waals surface area contributed by atoms with Crippen molar-refractivity contribution < 1.29 is 0 Å². The van der Waals surface area contributed by atoms with Crippen molar-refractivity contribution in [2.75, 3.05) is 13.1 Å². The fourth-order valence-electron chi connectivity index (χ4n) is 3.63. The molecule has 1 aliphatic heterocycles. The monoisotopic (exact) mass is 293 g/mol. The fourth-order valence-corrected chi connectivity index (χ4v) is 3.63. The minimum absolute atomic E-state index is 0.398. The second kappa shape index (κ2) is 6.66. The number of hydrogen-bond acceptors (Lipinski definition) is 1. The van der Waals surface area contributed by atoms with E-state index >= 15 is 0 Å². The van der Waals surface area contributed by atoms with Crippen molar-refractivity contribution in [1.29, 1.82) is 0 Å². The first kappa shape index (κ1) is 15.3. The third kappa shape index (κ3) is 3.10. The lowest BCUT2D eigenvalue weighted by atomic mass is 9.88. The maximum Gasteiger partial charge on any atom is 0.0606 e. The van der Waals surface area contributed by atoms with Crippen LogP contribution in [0.3, 0.4) is 0 Å². The summed E-state index contributed by atoms with van der Waals surface area (Å²) in [4.78, 5) is 2.69. The molecule has 3 rings (SSSR count). The Kier molecular flexibility index (Phi) is 4.63. The maximum absolute atomic E-state index is 2.69. The second-order valence-corrected chi connectivity index (χ2v) is 6.83. The first-order chi connectivity index (χ1) is 10.7. The van der Waals surface area contributed by atoms with Crippen molar-refractivity contribution in [3.8, 4) is 0 Å². The first-order valence-electron chi connectivity index (χ1n) is 8.52. The van der Waals surface area contributed by atoms with Crippen LogP contribution in [-0.4, -0.2) is 18.0 Å². The van der Waals surface area contributed by atoms with E-state index in [1.54, 1.807) is 0 Å². The maximum atomic E-state index is 2.69. The van der Waals surface area contributed by atoms with E-state index in [1.807, 2.05) is 0 Å². The zero-order valence-electron chi connectivity index (χ0n) is 14.0. The molecule has 0 bridgehead atoms. The summed E-state index contributed by atoms with van der Waals surface area (Å²) in [5.74, 6) is 0.866. The van der Waals surface area contributed by atoms with Gasteiger partial charge < -0.3 is 0 Å². The second-order valence-electron chi connectivity index (χ2n) is 6.83. The molecule has 1 fully saturated rings. The number of likely N-dealkylation sites (tertiary alicyclic amines) is 1. The predicted octanol–water partition coefficient (Wildman–Crippen LogP) is 5.12. The Hall–Kier alpha value is -1.60. The largest absolute Gasteiger partial charge is 0.292 e. The van der Waals surface area contributed by atoms with Gasteiger partial charge in [0.1, 0.15) is 0 Å². The summed E-state index contributed by atoms with van der Waals surface area (Å²) in [5, 5.41) is 0. The molecule has 0 amide bonds. The van der Waals surface area contributed by atoms with Gasteiger partial charge in [0.05, 0.1) is 6.04 Å². The molecule has 0 atom stereocenters. The number of rotatable bonds is 3. The lowest BCUT2D eigenvalue weighted by molar-refractivity contribution is 0.157. The van der Waals surface area contributed by atoms with Crippen LogP contribution in [0.5, 0.6) is 0 Å². The van der Waals surface area contributed by atoms with Crippen LogP contribution in [0.4, 0.5) is 0 Å². The van der Waals surface area contributed by atoms with E-state index in [1.165, 1.54) is 48.2 Å². The zero-order chi connectivity index (χ0) is 15.5. The average molecular weight is 293 g/mol. The molecule has 0 saturated carbocycles. The van der Waals surface area contributed by atoms with Gasteiger partial charge in [-0.1, -0.05) is 55.5 Å². The van der Waals surface area contributed by atoms with Crippen LogP contribution in [0.25, 0.3) is 0 Å². The number of benzene rings is 2. The van der Waals surface area contributed by atoms with Crippen LogP contribution in [0.2, 0.25) is 0 Å². The summed E-state index contributed by atoms with van der Waals surface area (Å²) in [6.45, 7) is 9.28. The van der Waals surface area contributed by atoms with Gasteiger partial charge in [0.15, 0.2) is 0 Å². The molecule has 116 valence electrons. The van der Waals surface area contributed by atoms with Crippen molar-refractivity contribution in [3.05, 3.63) is 70.8 Å². The molecule has 1 nitrogen and oxygen atoms in total. The van der Waals surface area contributed by atoms with Gasteiger partial charge in [-0.2, -0.15) is 0 Å². The summed E-state index contributed by atoms with van der Waals surface area (Å²) in [6.07, 6.45) is 2.63. The third-order valence-corrected chi connectivity index (χ3v) is 5.15. The van der Waals surface area contributed by atoms with Crippen LogP contribution in [-0.2, 0) is 0 Å². The zero-order valence-corrected chi connectivity index (χ0v) is 14.0. The van der Waals surface area contributed by atoms with Gasteiger partial charge in [0.2, 0.25) is 0 Å². The Bertz CT molecular complexity index is 578. The highest BCUT2D eigenvalue weighted by Crippen LogP contribution is 2.35. The molecule has 1 saturated heterocycles. The van der Waals surface area contributed by atoms with Crippen LogP contribution in [0, 0.1) is 19.8 Å². The van der Waals surface area contributed by atoms with Gasteiger partial charge in [-0.15, -0.1) is 0 Å². The molecule has 2 aromatic carbocycles. The highest BCUT2D eigenvalue weighted by molar-refractivity contribution is 5.40. The first-order valence-corrected chi connectivity index (χ1v) is 8.52. The lowest BCUT2D eigenvalue weighted by Crippen LogP contribution is -2.37. The van der Waals surface area contributed by atoms with Crippen LogP contribution in [0.1, 0.15) is 48.1 Å². The summed E-state index contributed by atoms with van der Waals surface area (Å²) in [6, 6.07) is 18.2. The van der Waals surface area contributed by atoms with Gasteiger partial charge in [-0.3, -0.25) is 4.90 Å². The molecule has 0 spiro atoms. The topological polar surface area (TPSA) is 3.24 Å². The van der Waals surface area contributed by atoms with Gasteiger partial charge >= 0.3 is 0 Å². The molecule has 0 radical (unpaired) electrons. The number of nitrogens with zero attached hydrogens (tertiary/aromatic N) is 1. The van der Waals surface area contributed by atoms with Gasteiger partial charge in [0, 0.05) is 0 Å².